The van der Waals surface area contributed by atoms with Gasteiger partial charge in [0.2, 0.25) is 0 Å². The second-order valence-electron chi connectivity index (χ2n) is 4.59. The highest BCUT2D eigenvalue weighted by atomic mass is 32.1. The van der Waals surface area contributed by atoms with Gasteiger partial charge in [-0.1, -0.05) is 36.4 Å². The zero-order valence-electron chi connectivity index (χ0n) is 10.9. The number of benzene rings is 2. The van der Waals surface area contributed by atoms with Gasteiger partial charge in [0.15, 0.2) is 5.58 Å². The van der Waals surface area contributed by atoms with E-state index in [1.807, 2.05) is 47.8 Å². The van der Waals surface area contributed by atoms with Crippen LogP contribution in [0.15, 0.2) is 58.3 Å². The van der Waals surface area contributed by atoms with E-state index in [0.29, 0.717) is 10.5 Å². The van der Waals surface area contributed by atoms with Crippen molar-refractivity contribution in [3.63, 3.8) is 0 Å². The zero-order valence-corrected chi connectivity index (χ0v) is 11.7. The summed E-state index contributed by atoms with van der Waals surface area (Å²) in [5.41, 5.74) is 1.42. The molecule has 4 nitrogen and oxygen atoms in total. The third-order valence-electron chi connectivity index (χ3n) is 3.24. The van der Waals surface area contributed by atoms with Crippen LogP contribution >= 0.6 is 11.3 Å². The highest BCUT2D eigenvalue weighted by Gasteiger charge is 2.13. The summed E-state index contributed by atoms with van der Waals surface area (Å²) in [6.07, 6.45) is 0. The first-order valence-electron chi connectivity index (χ1n) is 6.44. The molecule has 0 aliphatic rings. The monoisotopic (exact) mass is 294 g/mol. The fourth-order valence-corrected chi connectivity index (χ4v) is 2.89. The van der Waals surface area contributed by atoms with Crippen molar-refractivity contribution in [1.29, 1.82) is 0 Å². The van der Waals surface area contributed by atoms with Crippen LogP contribution in [0.3, 0.4) is 0 Å². The van der Waals surface area contributed by atoms with Crippen molar-refractivity contribution in [2.45, 2.75) is 0 Å². The van der Waals surface area contributed by atoms with E-state index in [4.69, 9.17) is 4.42 Å². The number of carbonyl (C=O) groups is 1. The number of aromatic nitrogens is 1. The molecule has 0 saturated carbocycles. The Kier molecular flexibility index (Phi) is 2.72. The Morgan fingerprint density at radius 2 is 2.00 bits per heavy atom. The minimum atomic E-state index is -0.208. The summed E-state index contributed by atoms with van der Waals surface area (Å²) in [5, 5.41) is 6.61. The van der Waals surface area contributed by atoms with Gasteiger partial charge in [-0.05, 0) is 22.9 Å². The molecule has 0 fully saturated rings. The van der Waals surface area contributed by atoms with Gasteiger partial charge in [0.1, 0.15) is 5.52 Å². The first-order valence-corrected chi connectivity index (χ1v) is 7.32. The lowest BCUT2D eigenvalue weighted by atomic mass is 10.1. The number of amides is 1. The van der Waals surface area contributed by atoms with Crippen molar-refractivity contribution in [2.24, 2.45) is 0 Å². The average Bonchev–Trinajstić information content (AvgIpc) is 3.16. The van der Waals surface area contributed by atoms with E-state index in [1.54, 1.807) is 6.07 Å². The van der Waals surface area contributed by atoms with Crippen LogP contribution in [-0.4, -0.2) is 10.9 Å². The van der Waals surface area contributed by atoms with Crippen molar-refractivity contribution in [3.8, 4) is 0 Å². The molecule has 0 spiro atoms. The Balaban J connectivity index is 1.77. The summed E-state index contributed by atoms with van der Waals surface area (Å²) >= 11 is 1.38. The topological polar surface area (TPSA) is 55.1 Å². The molecule has 0 radical (unpaired) electrons. The van der Waals surface area contributed by atoms with Crippen LogP contribution in [0.5, 0.6) is 0 Å². The molecular formula is C16H10N2O2S. The molecule has 1 N–H and O–H groups in total. The van der Waals surface area contributed by atoms with Gasteiger partial charge in [-0.2, -0.15) is 4.98 Å². The second-order valence-corrected chi connectivity index (χ2v) is 5.53. The second kappa shape index (κ2) is 4.71. The van der Waals surface area contributed by atoms with E-state index in [9.17, 15) is 4.79 Å². The Morgan fingerprint density at radius 3 is 2.86 bits per heavy atom. The van der Waals surface area contributed by atoms with Crippen molar-refractivity contribution in [3.05, 3.63) is 58.8 Å². The van der Waals surface area contributed by atoms with Crippen LogP contribution in [0.25, 0.3) is 21.9 Å². The van der Waals surface area contributed by atoms with E-state index < -0.39 is 0 Å². The van der Waals surface area contributed by atoms with Crippen LogP contribution in [0.1, 0.15) is 9.67 Å². The molecule has 0 saturated heterocycles. The van der Waals surface area contributed by atoms with Gasteiger partial charge in [0.05, 0.1) is 4.88 Å². The molecule has 2 aromatic carbocycles. The van der Waals surface area contributed by atoms with E-state index in [-0.39, 0.29) is 11.9 Å². The zero-order chi connectivity index (χ0) is 14.2. The molecule has 1 amide bonds. The number of hydrogen-bond donors (Lipinski definition) is 1. The van der Waals surface area contributed by atoms with E-state index in [0.717, 1.165) is 16.3 Å². The molecule has 0 aliphatic heterocycles. The van der Waals surface area contributed by atoms with Gasteiger partial charge in [-0.25, -0.2) is 0 Å². The van der Waals surface area contributed by atoms with Gasteiger partial charge >= 0.3 is 6.01 Å². The summed E-state index contributed by atoms with van der Waals surface area (Å²) in [6.45, 7) is 0. The summed E-state index contributed by atoms with van der Waals surface area (Å²) < 4.78 is 5.71. The molecule has 2 heterocycles. The molecule has 0 aliphatic carbocycles. The average molecular weight is 294 g/mol. The first-order chi connectivity index (χ1) is 10.3. The molecule has 21 heavy (non-hydrogen) atoms. The van der Waals surface area contributed by atoms with E-state index >= 15 is 0 Å². The number of carbonyl (C=O) groups excluding carboxylic acids is 1. The number of hydrogen-bond acceptors (Lipinski definition) is 4. The van der Waals surface area contributed by atoms with Crippen molar-refractivity contribution in [1.82, 2.24) is 4.98 Å². The van der Waals surface area contributed by atoms with Crippen molar-refractivity contribution in [2.75, 3.05) is 5.32 Å². The fraction of sp³-hybridized carbons (Fsp3) is 0. The molecule has 0 unspecified atom stereocenters. The first kappa shape index (κ1) is 12.1. The molecule has 102 valence electrons. The molecule has 0 atom stereocenters. The molecule has 4 rings (SSSR count). The Labute approximate surface area is 124 Å². The number of anilines is 1. The molecule has 4 aromatic rings. The molecule has 5 heteroatoms. The summed E-state index contributed by atoms with van der Waals surface area (Å²) in [4.78, 5) is 17.0. The maximum atomic E-state index is 12.0. The minimum Gasteiger partial charge on any atom is -0.423 e. The van der Waals surface area contributed by atoms with Crippen LogP contribution in [0.4, 0.5) is 6.01 Å². The van der Waals surface area contributed by atoms with Crippen molar-refractivity contribution >= 4 is 45.1 Å². The largest absolute Gasteiger partial charge is 0.423 e. The van der Waals surface area contributed by atoms with E-state index in [1.165, 1.54) is 11.3 Å². The summed E-state index contributed by atoms with van der Waals surface area (Å²) in [7, 11) is 0. The maximum Gasteiger partial charge on any atom is 0.302 e. The minimum absolute atomic E-state index is 0.208. The quantitative estimate of drug-likeness (QED) is 0.600. The van der Waals surface area contributed by atoms with Gasteiger partial charge in [-0.15, -0.1) is 11.3 Å². The number of fused-ring (bicyclic) bond motifs is 3. The van der Waals surface area contributed by atoms with Crippen LogP contribution in [-0.2, 0) is 0 Å². The SMILES string of the molecule is O=C(Nc1nc2ccc3ccccc3c2o1)c1cccs1. The molecular weight excluding hydrogens is 284 g/mol. The third kappa shape index (κ3) is 2.08. The highest BCUT2D eigenvalue weighted by molar-refractivity contribution is 7.12. The number of nitrogens with one attached hydrogen (secondary N) is 1. The third-order valence-corrected chi connectivity index (χ3v) is 4.11. The molecule has 2 aromatic heterocycles. The number of nitrogens with zero attached hydrogens (tertiary/aromatic N) is 1. The lowest BCUT2D eigenvalue weighted by molar-refractivity contribution is 0.102. The maximum absolute atomic E-state index is 12.0. The number of oxazole rings is 1. The number of rotatable bonds is 2. The summed E-state index contributed by atoms with van der Waals surface area (Å²) in [6, 6.07) is 15.6. The number of thiophene rings is 1. The van der Waals surface area contributed by atoms with Gasteiger partial charge in [0.25, 0.3) is 5.91 Å². The standard InChI is InChI=1S/C16H10N2O2S/c19-15(13-6-3-9-21-13)18-16-17-12-8-7-10-4-1-2-5-11(10)14(12)20-16/h1-9H,(H,17,18,19). The van der Waals surface area contributed by atoms with Gasteiger partial charge in [-0.3, -0.25) is 10.1 Å². The van der Waals surface area contributed by atoms with Gasteiger partial charge < -0.3 is 4.42 Å². The Morgan fingerprint density at radius 1 is 1.10 bits per heavy atom. The lowest BCUT2D eigenvalue weighted by Gasteiger charge is -1.97. The van der Waals surface area contributed by atoms with Gasteiger partial charge in [0, 0.05) is 5.39 Å². The van der Waals surface area contributed by atoms with Crippen molar-refractivity contribution < 1.29 is 9.21 Å². The smallest absolute Gasteiger partial charge is 0.302 e. The summed E-state index contributed by atoms with van der Waals surface area (Å²) in [5.74, 6) is -0.208. The normalized spacial score (nSPS) is 11.0. The predicted molar refractivity (Wildman–Crippen MR) is 83.8 cm³/mol. The van der Waals surface area contributed by atoms with Crippen LogP contribution in [0.2, 0.25) is 0 Å². The predicted octanol–water partition coefficient (Wildman–Crippen LogP) is 4.29. The fourth-order valence-electron chi connectivity index (χ4n) is 2.28. The Hall–Kier alpha value is -2.66. The molecule has 0 bridgehead atoms. The van der Waals surface area contributed by atoms with E-state index in [2.05, 4.69) is 10.3 Å². The highest BCUT2D eigenvalue weighted by Crippen LogP contribution is 2.27. The van der Waals surface area contributed by atoms with Crippen LogP contribution < -0.4 is 5.32 Å². The van der Waals surface area contributed by atoms with Crippen LogP contribution in [0, 0.1) is 0 Å². The lowest BCUT2D eigenvalue weighted by Crippen LogP contribution is -2.10. The Bertz CT molecular complexity index is 941.